The van der Waals surface area contributed by atoms with Crippen LogP contribution in [0.5, 0.6) is 0 Å². The highest BCUT2D eigenvalue weighted by Gasteiger charge is 2.10. The zero-order chi connectivity index (χ0) is 13.8. The molecule has 0 aliphatic heterocycles. The van der Waals surface area contributed by atoms with E-state index in [2.05, 4.69) is 4.98 Å². The van der Waals surface area contributed by atoms with Crippen molar-refractivity contribution in [2.24, 2.45) is 5.73 Å². The molecule has 0 spiro atoms. The first-order valence-electron chi connectivity index (χ1n) is 6.10. The van der Waals surface area contributed by atoms with Gasteiger partial charge < -0.3 is 10.3 Å². The van der Waals surface area contributed by atoms with Crippen molar-refractivity contribution in [3.05, 3.63) is 58.2 Å². The summed E-state index contributed by atoms with van der Waals surface area (Å²) in [4.78, 5) is 14.3. The normalized spacial score (nSPS) is 12.3. The first-order chi connectivity index (χ1) is 9.11. The second kappa shape index (κ2) is 5.62. The van der Waals surface area contributed by atoms with Crippen LogP contribution in [-0.2, 0) is 6.54 Å². The molecule has 1 aromatic carbocycles. The van der Waals surface area contributed by atoms with Crippen molar-refractivity contribution >= 4 is 5.69 Å². The smallest absolute Gasteiger partial charge is 0.269 e. The van der Waals surface area contributed by atoms with Crippen molar-refractivity contribution in [1.29, 1.82) is 0 Å². The number of nitrogens with zero attached hydrogens (tertiary/aromatic N) is 3. The molecule has 6 nitrogen and oxygen atoms in total. The number of nitro groups is 1. The fourth-order valence-corrected chi connectivity index (χ4v) is 1.90. The number of hydrogen-bond acceptors (Lipinski definition) is 4. The van der Waals surface area contributed by atoms with Crippen LogP contribution in [0.25, 0.3) is 0 Å². The van der Waals surface area contributed by atoms with Gasteiger partial charge in [0, 0.05) is 30.9 Å². The third-order valence-corrected chi connectivity index (χ3v) is 3.06. The second-order valence-electron chi connectivity index (χ2n) is 4.38. The molecule has 6 heteroatoms. The number of hydrogen-bond donors (Lipinski definition) is 1. The maximum absolute atomic E-state index is 10.6. The van der Waals surface area contributed by atoms with Crippen molar-refractivity contribution in [1.82, 2.24) is 9.55 Å². The summed E-state index contributed by atoms with van der Waals surface area (Å²) in [5.41, 5.74) is 8.06. The van der Waals surface area contributed by atoms with Gasteiger partial charge in [-0.1, -0.05) is 19.1 Å². The number of benzene rings is 1. The maximum Gasteiger partial charge on any atom is 0.269 e. The third-order valence-electron chi connectivity index (χ3n) is 3.06. The van der Waals surface area contributed by atoms with Crippen LogP contribution in [-0.4, -0.2) is 14.5 Å². The van der Waals surface area contributed by atoms with Gasteiger partial charge in [0.2, 0.25) is 0 Å². The van der Waals surface area contributed by atoms with Crippen LogP contribution in [0, 0.1) is 10.1 Å². The molecule has 0 amide bonds. The molecular formula is C13H16N4O2. The second-order valence-corrected chi connectivity index (χ2v) is 4.38. The predicted octanol–water partition coefficient (Wildman–Crippen LogP) is 2.25. The van der Waals surface area contributed by atoms with Crippen LogP contribution in [0.4, 0.5) is 5.69 Å². The summed E-state index contributed by atoms with van der Waals surface area (Å²) in [6.45, 7) is 2.63. The Morgan fingerprint density at radius 3 is 2.68 bits per heavy atom. The van der Waals surface area contributed by atoms with Gasteiger partial charge in [0.25, 0.3) is 5.69 Å². The highest BCUT2D eigenvalue weighted by atomic mass is 16.6. The molecule has 1 heterocycles. The van der Waals surface area contributed by atoms with E-state index in [1.165, 1.54) is 12.1 Å². The largest absolute Gasteiger partial charge is 0.329 e. The van der Waals surface area contributed by atoms with E-state index >= 15 is 0 Å². The first-order valence-corrected chi connectivity index (χ1v) is 6.10. The van der Waals surface area contributed by atoms with Crippen LogP contribution in [0.3, 0.4) is 0 Å². The number of nitro benzene ring substituents is 1. The van der Waals surface area contributed by atoms with Crippen molar-refractivity contribution in [3.8, 4) is 0 Å². The summed E-state index contributed by atoms with van der Waals surface area (Å²) >= 11 is 0. The lowest BCUT2D eigenvalue weighted by Crippen LogP contribution is -2.14. The molecule has 0 fully saturated rings. The monoisotopic (exact) mass is 260 g/mol. The molecule has 19 heavy (non-hydrogen) atoms. The van der Waals surface area contributed by atoms with E-state index in [4.69, 9.17) is 5.73 Å². The molecule has 2 rings (SSSR count). The topological polar surface area (TPSA) is 87.0 Å². The minimum atomic E-state index is -0.403. The zero-order valence-electron chi connectivity index (χ0n) is 10.7. The highest BCUT2D eigenvalue weighted by Crippen LogP contribution is 2.17. The Balaban J connectivity index is 2.17. The van der Waals surface area contributed by atoms with Gasteiger partial charge in [0.05, 0.1) is 16.9 Å². The van der Waals surface area contributed by atoms with Gasteiger partial charge in [0.1, 0.15) is 0 Å². The fraction of sp³-hybridized carbons (Fsp3) is 0.308. The van der Waals surface area contributed by atoms with E-state index in [1.54, 1.807) is 24.7 Å². The Labute approximate surface area is 111 Å². The Morgan fingerprint density at radius 2 is 2.11 bits per heavy atom. The maximum atomic E-state index is 10.6. The lowest BCUT2D eigenvalue weighted by molar-refractivity contribution is -0.384. The van der Waals surface area contributed by atoms with Crippen LogP contribution in [0.1, 0.15) is 30.6 Å². The number of aromatic nitrogens is 2. The number of nitrogens with two attached hydrogens (primary N) is 1. The van der Waals surface area contributed by atoms with E-state index < -0.39 is 4.92 Å². The highest BCUT2D eigenvalue weighted by molar-refractivity contribution is 5.33. The van der Waals surface area contributed by atoms with Gasteiger partial charge in [0.15, 0.2) is 0 Å². The standard InChI is InChI=1S/C13H16N4O2/c1-2-12(14)13-7-15-9-16(13)8-10-3-5-11(6-4-10)17(18)19/h3-7,9,12H,2,8,14H2,1H3/t12-/m1/s1. The van der Waals surface area contributed by atoms with Crippen molar-refractivity contribution in [2.75, 3.05) is 0 Å². The van der Waals surface area contributed by atoms with E-state index in [1.807, 2.05) is 11.5 Å². The van der Waals surface area contributed by atoms with E-state index in [-0.39, 0.29) is 11.7 Å². The summed E-state index contributed by atoms with van der Waals surface area (Å²) in [5, 5.41) is 10.6. The summed E-state index contributed by atoms with van der Waals surface area (Å²) in [6.07, 6.45) is 4.33. The zero-order valence-corrected chi connectivity index (χ0v) is 10.7. The van der Waals surface area contributed by atoms with Crippen molar-refractivity contribution < 1.29 is 4.92 Å². The first kappa shape index (κ1) is 13.2. The van der Waals surface area contributed by atoms with Crippen LogP contribution < -0.4 is 5.73 Å². The van der Waals surface area contributed by atoms with Gasteiger partial charge in [-0.2, -0.15) is 0 Å². The summed E-state index contributed by atoms with van der Waals surface area (Å²) in [5.74, 6) is 0. The number of non-ortho nitro benzene ring substituents is 1. The molecule has 2 aromatic rings. The van der Waals surface area contributed by atoms with Gasteiger partial charge in [-0.3, -0.25) is 10.1 Å². The van der Waals surface area contributed by atoms with Crippen LogP contribution in [0.15, 0.2) is 36.8 Å². The molecule has 1 atom stereocenters. The third kappa shape index (κ3) is 2.97. The van der Waals surface area contributed by atoms with Crippen LogP contribution >= 0.6 is 0 Å². The van der Waals surface area contributed by atoms with Crippen molar-refractivity contribution in [2.45, 2.75) is 25.9 Å². The minimum Gasteiger partial charge on any atom is -0.329 e. The van der Waals surface area contributed by atoms with Gasteiger partial charge in [-0.05, 0) is 12.0 Å². The molecular weight excluding hydrogens is 244 g/mol. The molecule has 0 unspecified atom stereocenters. The summed E-state index contributed by atoms with van der Waals surface area (Å²) in [7, 11) is 0. The summed E-state index contributed by atoms with van der Waals surface area (Å²) < 4.78 is 1.97. The Morgan fingerprint density at radius 1 is 1.42 bits per heavy atom. The lowest BCUT2D eigenvalue weighted by atomic mass is 10.1. The summed E-state index contributed by atoms with van der Waals surface area (Å²) in [6, 6.07) is 6.47. The van der Waals surface area contributed by atoms with Gasteiger partial charge in [-0.15, -0.1) is 0 Å². The molecule has 0 aliphatic rings. The van der Waals surface area contributed by atoms with Gasteiger partial charge in [-0.25, -0.2) is 4.98 Å². The molecule has 0 radical (unpaired) electrons. The van der Waals surface area contributed by atoms with Crippen molar-refractivity contribution in [3.63, 3.8) is 0 Å². The quantitative estimate of drug-likeness (QED) is 0.659. The number of rotatable bonds is 5. The lowest BCUT2D eigenvalue weighted by Gasteiger charge is -2.12. The SMILES string of the molecule is CC[C@@H](N)c1cncn1Cc1ccc([N+](=O)[O-])cc1. The van der Waals surface area contributed by atoms with E-state index in [0.29, 0.717) is 6.54 Å². The molecule has 0 saturated carbocycles. The Kier molecular flexibility index (Phi) is 3.91. The van der Waals surface area contributed by atoms with E-state index in [0.717, 1.165) is 17.7 Å². The van der Waals surface area contributed by atoms with Crippen LogP contribution in [0.2, 0.25) is 0 Å². The fourth-order valence-electron chi connectivity index (χ4n) is 1.90. The van der Waals surface area contributed by atoms with Gasteiger partial charge >= 0.3 is 0 Å². The molecule has 0 saturated heterocycles. The molecule has 2 N–H and O–H groups in total. The predicted molar refractivity (Wildman–Crippen MR) is 71.6 cm³/mol. The number of imidazole rings is 1. The average Bonchev–Trinajstić information content (AvgIpc) is 2.86. The Bertz CT molecular complexity index is 562. The molecule has 100 valence electrons. The molecule has 0 aliphatic carbocycles. The molecule has 1 aromatic heterocycles. The molecule has 0 bridgehead atoms. The van der Waals surface area contributed by atoms with E-state index in [9.17, 15) is 10.1 Å². The Hall–Kier alpha value is -2.21. The average molecular weight is 260 g/mol. The minimum absolute atomic E-state index is 0.0412.